The summed E-state index contributed by atoms with van der Waals surface area (Å²) in [6.45, 7) is 3.93. The molecule has 0 amide bonds. The van der Waals surface area contributed by atoms with Gasteiger partial charge in [-0.15, -0.1) is 0 Å². The molecule has 1 aromatic heterocycles. The molecule has 0 saturated heterocycles. The zero-order valence-corrected chi connectivity index (χ0v) is 15.3. The maximum Gasteiger partial charge on any atom is 0.161 e. The molecule has 1 saturated carbocycles. The van der Waals surface area contributed by atoms with E-state index in [9.17, 15) is 0 Å². The second-order valence-electron chi connectivity index (χ2n) is 6.97. The number of methoxy groups -OCH3 is 2. The lowest BCUT2D eigenvalue weighted by atomic mass is 9.66. The average Bonchev–Trinajstić information content (AvgIpc) is 3.06. The van der Waals surface area contributed by atoms with E-state index in [1.165, 1.54) is 30.4 Å². The van der Waals surface area contributed by atoms with Gasteiger partial charge in [-0.05, 0) is 48.9 Å². The minimum atomic E-state index is 0.103. The minimum Gasteiger partial charge on any atom is -0.493 e. The Labute approximate surface area is 148 Å². The highest BCUT2D eigenvalue weighted by Crippen LogP contribution is 2.52. The highest BCUT2D eigenvalue weighted by atomic mass is 16.5. The predicted molar refractivity (Wildman–Crippen MR) is 94.9 cm³/mol. The molecule has 0 atom stereocenters. The van der Waals surface area contributed by atoms with Crippen molar-refractivity contribution in [1.82, 2.24) is 20.1 Å². The molecule has 1 aliphatic heterocycles. The Morgan fingerprint density at radius 1 is 1.20 bits per heavy atom. The van der Waals surface area contributed by atoms with Gasteiger partial charge in [0.05, 0.1) is 20.8 Å². The van der Waals surface area contributed by atoms with Crippen molar-refractivity contribution in [2.75, 3.05) is 20.8 Å². The Kier molecular flexibility index (Phi) is 4.15. The SMILES string of the molecule is CCc1n[nH]c(CN2CCc3cc(OC)c(OC)cc3C23CCC3)n1. The Bertz CT molecular complexity index is 767. The summed E-state index contributed by atoms with van der Waals surface area (Å²) in [5.74, 6) is 3.50. The molecule has 2 heterocycles. The number of hydrogen-bond acceptors (Lipinski definition) is 5. The molecule has 0 unspecified atom stereocenters. The number of H-pyrrole nitrogens is 1. The number of aryl methyl sites for hydroxylation is 1. The summed E-state index contributed by atoms with van der Waals surface area (Å²) >= 11 is 0. The molecule has 0 bridgehead atoms. The summed E-state index contributed by atoms with van der Waals surface area (Å²) in [4.78, 5) is 7.18. The van der Waals surface area contributed by atoms with Crippen molar-refractivity contribution < 1.29 is 9.47 Å². The van der Waals surface area contributed by atoms with E-state index in [0.717, 1.165) is 49.1 Å². The summed E-state index contributed by atoms with van der Waals surface area (Å²) in [7, 11) is 3.41. The molecule has 1 N–H and O–H groups in total. The number of aromatic nitrogens is 3. The van der Waals surface area contributed by atoms with Crippen LogP contribution in [-0.4, -0.2) is 40.8 Å². The van der Waals surface area contributed by atoms with Crippen LogP contribution in [0.3, 0.4) is 0 Å². The fourth-order valence-corrected chi connectivity index (χ4v) is 4.27. The number of nitrogens with one attached hydrogen (secondary N) is 1. The number of aromatic amines is 1. The van der Waals surface area contributed by atoms with Crippen LogP contribution in [0.25, 0.3) is 0 Å². The third-order valence-corrected chi connectivity index (χ3v) is 5.78. The van der Waals surface area contributed by atoms with Crippen molar-refractivity contribution >= 4 is 0 Å². The first-order valence-electron chi connectivity index (χ1n) is 9.10. The maximum absolute atomic E-state index is 5.56. The average molecular weight is 342 g/mol. The first-order chi connectivity index (χ1) is 12.2. The molecule has 1 fully saturated rings. The Hall–Kier alpha value is -2.08. The normalized spacial score (nSPS) is 18.7. The highest BCUT2D eigenvalue weighted by Gasteiger charge is 2.47. The van der Waals surface area contributed by atoms with E-state index in [1.54, 1.807) is 14.2 Å². The summed E-state index contributed by atoms with van der Waals surface area (Å²) in [6.07, 6.45) is 5.52. The molecule has 0 radical (unpaired) electrons. The van der Waals surface area contributed by atoms with Gasteiger partial charge in [0.2, 0.25) is 0 Å². The van der Waals surface area contributed by atoms with E-state index >= 15 is 0 Å². The van der Waals surface area contributed by atoms with Gasteiger partial charge in [0.1, 0.15) is 11.6 Å². The van der Waals surface area contributed by atoms with Gasteiger partial charge >= 0.3 is 0 Å². The number of nitrogens with zero attached hydrogens (tertiary/aromatic N) is 3. The van der Waals surface area contributed by atoms with Crippen molar-refractivity contribution in [3.05, 3.63) is 34.9 Å². The van der Waals surface area contributed by atoms with E-state index in [1.807, 2.05) is 0 Å². The summed E-state index contributed by atoms with van der Waals surface area (Å²) in [6, 6.07) is 4.35. The number of rotatable bonds is 5. The van der Waals surface area contributed by atoms with Gasteiger partial charge in [0.25, 0.3) is 0 Å². The molecule has 134 valence electrons. The van der Waals surface area contributed by atoms with E-state index < -0.39 is 0 Å². The first kappa shape index (κ1) is 16.4. The number of ether oxygens (including phenoxy) is 2. The summed E-state index contributed by atoms with van der Waals surface area (Å²) in [5, 5.41) is 7.39. The molecule has 2 aliphatic rings. The minimum absolute atomic E-state index is 0.103. The molecule has 1 aromatic carbocycles. The molecule has 1 aliphatic carbocycles. The third-order valence-electron chi connectivity index (χ3n) is 5.78. The van der Waals surface area contributed by atoms with Crippen LogP contribution in [-0.2, 0) is 24.9 Å². The quantitative estimate of drug-likeness (QED) is 0.905. The van der Waals surface area contributed by atoms with Gasteiger partial charge in [-0.2, -0.15) is 5.10 Å². The predicted octanol–water partition coefficient (Wildman–Crippen LogP) is 2.82. The zero-order valence-electron chi connectivity index (χ0n) is 15.3. The van der Waals surface area contributed by atoms with Crippen LogP contribution in [0.4, 0.5) is 0 Å². The maximum atomic E-state index is 5.56. The molecule has 4 rings (SSSR count). The van der Waals surface area contributed by atoms with Crippen molar-refractivity contribution in [1.29, 1.82) is 0 Å². The Morgan fingerprint density at radius 2 is 1.96 bits per heavy atom. The lowest BCUT2D eigenvalue weighted by Gasteiger charge is -2.54. The Morgan fingerprint density at radius 3 is 2.56 bits per heavy atom. The van der Waals surface area contributed by atoms with E-state index in [2.05, 4.69) is 39.1 Å². The topological polar surface area (TPSA) is 63.3 Å². The van der Waals surface area contributed by atoms with Crippen molar-refractivity contribution in [3.8, 4) is 11.5 Å². The van der Waals surface area contributed by atoms with Crippen molar-refractivity contribution in [2.45, 2.75) is 51.1 Å². The van der Waals surface area contributed by atoms with Gasteiger partial charge in [0, 0.05) is 18.5 Å². The van der Waals surface area contributed by atoms with Crippen molar-refractivity contribution in [3.63, 3.8) is 0 Å². The smallest absolute Gasteiger partial charge is 0.161 e. The Balaban J connectivity index is 1.68. The van der Waals surface area contributed by atoms with Crippen LogP contribution < -0.4 is 9.47 Å². The monoisotopic (exact) mass is 342 g/mol. The first-order valence-corrected chi connectivity index (χ1v) is 9.10. The lowest BCUT2D eigenvalue weighted by Crippen LogP contribution is -2.54. The highest BCUT2D eigenvalue weighted by molar-refractivity contribution is 5.51. The molecule has 25 heavy (non-hydrogen) atoms. The van der Waals surface area contributed by atoms with Crippen LogP contribution in [0.1, 0.15) is 49.0 Å². The van der Waals surface area contributed by atoms with Crippen LogP contribution in [0.2, 0.25) is 0 Å². The second-order valence-corrected chi connectivity index (χ2v) is 6.97. The fourth-order valence-electron chi connectivity index (χ4n) is 4.27. The van der Waals surface area contributed by atoms with Gasteiger partial charge in [0.15, 0.2) is 11.5 Å². The largest absolute Gasteiger partial charge is 0.493 e. The van der Waals surface area contributed by atoms with E-state index in [-0.39, 0.29) is 5.54 Å². The van der Waals surface area contributed by atoms with Gasteiger partial charge < -0.3 is 9.47 Å². The van der Waals surface area contributed by atoms with Crippen molar-refractivity contribution in [2.24, 2.45) is 0 Å². The third kappa shape index (κ3) is 2.59. The van der Waals surface area contributed by atoms with Gasteiger partial charge in [-0.1, -0.05) is 6.92 Å². The van der Waals surface area contributed by atoms with Gasteiger partial charge in [-0.3, -0.25) is 10.00 Å². The molecular formula is C19H26N4O2. The second kappa shape index (κ2) is 6.33. The van der Waals surface area contributed by atoms with Crippen LogP contribution >= 0.6 is 0 Å². The van der Waals surface area contributed by atoms with Crippen LogP contribution in [0, 0.1) is 0 Å². The van der Waals surface area contributed by atoms with Crippen LogP contribution in [0.15, 0.2) is 12.1 Å². The van der Waals surface area contributed by atoms with Crippen LogP contribution in [0.5, 0.6) is 11.5 Å². The van der Waals surface area contributed by atoms with E-state index in [0.29, 0.717) is 0 Å². The molecular weight excluding hydrogens is 316 g/mol. The standard InChI is InChI=1S/C19H26N4O2/c1-4-17-20-18(22-21-17)12-23-9-6-13-10-15(24-2)16(25-3)11-14(13)19(23)7-5-8-19/h10-11H,4-9,12H2,1-3H3,(H,20,21,22). The summed E-state index contributed by atoms with van der Waals surface area (Å²) in [5.41, 5.74) is 2.89. The molecule has 2 aromatic rings. The molecule has 6 heteroatoms. The van der Waals surface area contributed by atoms with E-state index in [4.69, 9.17) is 9.47 Å². The summed E-state index contributed by atoms with van der Waals surface area (Å²) < 4.78 is 11.1. The fraction of sp³-hybridized carbons (Fsp3) is 0.579. The molecule has 6 nitrogen and oxygen atoms in total. The van der Waals surface area contributed by atoms with Gasteiger partial charge in [-0.25, -0.2) is 4.98 Å². The zero-order chi connectivity index (χ0) is 17.4. The number of benzene rings is 1. The lowest BCUT2D eigenvalue weighted by molar-refractivity contribution is -0.00664. The molecule has 1 spiro atoms. The number of hydrogen-bond donors (Lipinski definition) is 1. The number of fused-ring (bicyclic) bond motifs is 2.